The molecule has 1 aliphatic carbocycles. The highest BCUT2D eigenvalue weighted by Crippen LogP contribution is 2.34. The monoisotopic (exact) mass is 382 g/mol. The summed E-state index contributed by atoms with van der Waals surface area (Å²) in [5.74, 6) is 2.15. The number of rotatable bonds is 5. The third kappa shape index (κ3) is 3.66. The van der Waals surface area contributed by atoms with Crippen molar-refractivity contribution in [3.63, 3.8) is 0 Å². The second kappa shape index (κ2) is 7.87. The van der Waals surface area contributed by atoms with Crippen molar-refractivity contribution in [2.45, 2.75) is 45.6 Å². The van der Waals surface area contributed by atoms with Gasteiger partial charge in [0, 0.05) is 30.2 Å². The summed E-state index contributed by atoms with van der Waals surface area (Å²) in [5.41, 5.74) is 4.85. The van der Waals surface area contributed by atoms with Crippen molar-refractivity contribution in [3.8, 4) is 11.3 Å². The maximum atomic E-state index is 5.76. The van der Waals surface area contributed by atoms with Gasteiger partial charge in [-0.25, -0.2) is 9.97 Å². The van der Waals surface area contributed by atoms with Crippen LogP contribution in [0.25, 0.3) is 17.3 Å². The van der Waals surface area contributed by atoms with Crippen molar-refractivity contribution in [1.82, 2.24) is 9.97 Å². The molecule has 1 unspecified atom stereocenters. The van der Waals surface area contributed by atoms with Gasteiger partial charge in [0.05, 0.1) is 23.4 Å². The minimum absolute atomic E-state index is 0.206. The van der Waals surface area contributed by atoms with Crippen LogP contribution < -0.4 is 0 Å². The lowest BCUT2D eigenvalue weighted by Crippen LogP contribution is -2.30. The third-order valence-electron chi connectivity index (χ3n) is 4.81. The molecule has 0 amide bonds. The van der Waals surface area contributed by atoms with E-state index in [1.165, 1.54) is 5.56 Å². The van der Waals surface area contributed by atoms with Crippen LogP contribution in [-0.4, -0.2) is 35.2 Å². The summed E-state index contributed by atoms with van der Waals surface area (Å²) in [6, 6.07) is 8.53. The number of thiocarbonyl (C=S) groups is 1. The average Bonchev–Trinajstić information content (AvgIpc) is 2.66. The standard InChI is InChI=1S/C22H26N2O2S/c1-12(2)14-7-9-15(10-8-14)19-18-16(23-22(24-19)13(3)4)11-17(25-5)20(26-6)21(18)27/h7-13,20H,1-6H3. The van der Waals surface area contributed by atoms with Gasteiger partial charge in [-0.3, -0.25) is 0 Å². The molecule has 0 bridgehead atoms. The quantitative estimate of drug-likeness (QED) is 0.671. The molecule has 0 fully saturated rings. The Kier molecular flexibility index (Phi) is 5.72. The van der Waals surface area contributed by atoms with Gasteiger partial charge < -0.3 is 9.47 Å². The second-order valence-electron chi connectivity index (χ2n) is 7.35. The van der Waals surface area contributed by atoms with Gasteiger partial charge >= 0.3 is 0 Å². The Morgan fingerprint density at radius 2 is 1.63 bits per heavy atom. The van der Waals surface area contributed by atoms with E-state index in [1.54, 1.807) is 14.2 Å². The van der Waals surface area contributed by atoms with Gasteiger partial charge in [0.15, 0.2) is 0 Å². The minimum Gasteiger partial charge on any atom is -0.498 e. The molecule has 1 heterocycles. The fourth-order valence-corrected chi connectivity index (χ4v) is 3.61. The first-order valence-corrected chi connectivity index (χ1v) is 9.63. The molecule has 0 spiro atoms. The van der Waals surface area contributed by atoms with Crippen LogP contribution in [0.3, 0.4) is 0 Å². The smallest absolute Gasteiger partial charge is 0.150 e. The van der Waals surface area contributed by atoms with Crippen molar-refractivity contribution < 1.29 is 9.47 Å². The Balaban J connectivity index is 2.24. The molecular weight excluding hydrogens is 356 g/mol. The van der Waals surface area contributed by atoms with Gasteiger partial charge in [-0.2, -0.15) is 0 Å². The molecule has 142 valence electrons. The molecule has 5 heteroatoms. The summed E-state index contributed by atoms with van der Waals surface area (Å²) in [6.07, 6.45) is 1.51. The van der Waals surface area contributed by atoms with Crippen molar-refractivity contribution in [1.29, 1.82) is 0 Å². The Bertz CT molecular complexity index is 886. The molecule has 1 aliphatic rings. The van der Waals surface area contributed by atoms with E-state index in [1.807, 2.05) is 6.08 Å². The van der Waals surface area contributed by atoms with Gasteiger partial charge in [0.25, 0.3) is 0 Å². The van der Waals surface area contributed by atoms with E-state index in [2.05, 4.69) is 52.0 Å². The molecule has 0 saturated heterocycles. The Labute approximate surface area is 166 Å². The number of hydrogen-bond acceptors (Lipinski definition) is 5. The zero-order valence-electron chi connectivity index (χ0n) is 16.7. The fourth-order valence-electron chi connectivity index (χ4n) is 3.20. The molecule has 0 saturated carbocycles. The van der Waals surface area contributed by atoms with Crippen molar-refractivity contribution >= 4 is 23.2 Å². The summed E-state index contributed by atoms with van der Waals surface area (Å²) in [6.45, 7) is 8.56. The molecule has 0 radical (unpaired) electrons. The lowest BCUT2D eigenvalue weighted by Gasteiger charge is -2.26. The molecule has 0 N–H and O–H groups in total. The Morgan fingerprint density at radius 1 is 0.963 bits per heavy atom. The van der Waals surface area contributed by atoms with E-state index < -0.39 is 6.10 Å². The zero-order valence-corrected chi connectivity index (χ0v) is 17.6. The van der Waals surface area contributed by atoms with E-state index in [4.69, 9.17) is 31.7 Å². The summed E-state index contributed by atoms with van der Waals surface area (Å²) >= 11 is 5.76. The average molecular weight is 383 g/mol. The van der Waals surface area contributed by atoms with Crippen molar-refractivity contribution in [3.05, 3.63) is 52.7 Å². The highest BCUT2D eigenvalue weighted by Gasteiger charge is 2.32. The topological polar surface area (TPSA) is 44.2 Å². The maximum absolute atomic E-state index is 5.76. The first kappa shape index (κ1) is 19.6. The van der Waals surface area contributed by atoms with Gasteiger partial charge in [-0.05, 0) is 11.5 Å². The predicted octanol–water partition coefficient (Wildman–Crippen LogP) is 5.12. The number of ether oxygens (including phenoxy) is 2. The van der Waals surface area contributed by atoms with Gasteiger partial charge in [-0.1, -0.05) is 64.2 Å². The van der Waals surface area contributed by atoms with Crippen LogP contribution in [0.1, 0.15) is 62.2 Å². The summed E-state index contributed by atoms with van der Waals surface area (Å²) < 4.78 is 11.1. The lowest BCUT2D eigenvalue weighted by atomic mass is 9.92. The van der Waals surface area contributed by atoms with Gasteiger partial charge in [0.2, 0.25) is 0 Å². The van der Waals surface area contributed by atoms with Gasteiger partial charge in [-0.15, -0.1) is 0 Å². The van der Waals surface area contributed by atoms with E-state index in [-0.39, 0.29) is 5.92 Å². The normalized spacial score (nSPS) is 16.5. The van der Waals surface area contributed by atoms with E-state index in [0.717, 1.165) is 28.3 Å². The third-order valence-corrected chi connectivity index (χ3v) is 5.23. The molecule has 2 aromatic rings. The molecule has 0 aliphatic heterocycles. The summed E-state index contributed by atoms with van der Waals surface area (Å²) in [4.78, 5) is 10.3. The molecule has 1 aromatic carbocycles. The van der Waals surface area contributed by atoms with Crippen LogP contribution >= 0.6 is 12.2 Å². The largest absolute Gasteiger partial charge is 0.498 e. The Hall–Kier alpha value is -2.11. The highest BCUT2D eigenvalue weighted by atomic mass is 32.1. The predicted molar refractivity (Wildman–Crippen MR) is 113 cm³/mol. The van der Waals surface area contributed by atoms with Crippen LogP contribution in [0.2, 0.25) is 0 Å². The first-order chi connectivity index (χ1) is 12.9. The summed E-state index contributed by atoms with van der Waals surface area (Å²) in [7, 11) is 3.26. The maximum Gasteiger partial charge on any atom is 0.150 e. The molecule has 3 rings (SSSR count). The van der Waals surface area contributed by atoms with E-state index in [0.29, 0.717) is 16.5 Å². The van der Waals surface area contributed by atoms with Crippen LogP contribution in [-0.2, 0) is 9.47 Å². The molecule has 1 atom stereocenters. The zero-order chi connectivity index (χ0) is 19.7. The number of aromatic nitrogens is 2. The number of benzene rings is 1. The van der Waals surface area contributed by atoms with E-state index in [9.17, 15) is 0 Å². The molecule has 4 nitrogen and oxygen atoms in total. The Morgan fingerprint density at radius 3 is 2.15 bits per heavy atom. The van der Waals surface area contributed by atoms with Crippen molar-refractivity contribution in [2.75, 3.05) is 14.2 Å². The lowest BCUT2D eigenvalue weighted by molar-refractivity contribution is 0.125. The number of fused-ring (bicyclic) bond motifs is 1. The van der Waals surface area contributed by atoms with Crippen LogP contribution in [0.15, 0.2) is 30.0 Å². The summed E-state index contributed by atoms with van der Waals surface area (Å²) in [5, 5.41) is 0. The van der Waals surface area contributed by atoms with Crippen molar-refractivity contribution in [2.24, 2.45) is 0 Å². The van der Waals surface area contributed by atoms with Gasteiger partial charge in [0.1, 0.15) is 17.7 Å². The number of methoxy groups -OCH3 is 2. The number of hydrogen-bond donors (Lipinski definition) is 0. The first-order valence-electron chi connectivity index (χ1n) is 9.22. The molecular formula is C22H26N2O2S. The SMILES string of the molecule is COC1=Cc2nc(C(C)C)nc(-c3ccc(C(C)C)cc3)c2C(=S)C1OC. The fraction of sp³-hybridized carbons (Fsp3) is 0.409. The molecule has 1 aromatic heterocycles. The second-order valence-corrected chi connectivity index (χ2v) is 7.79. The van der Waals surface area contributed by atoms with E-state index >= 15 is 0 Å². The minimum atomic E-state index is -0.403. The highest BCUT2D eigenvalue weighted by molar-refractivity contribution is 7.81. The van der Waals surface area contributed by atoms with Crippen LogP contribution in [0, 0.1) is 0 Å². The molecule has 27 heavy (non-hydrogen) atoms. The van der Waals surface area contributed by atoms with Crippen LogP contribution in [0.5, 0.6) is 0 Å². The van der Waals surface area contributed by atoms with Crippen LogP contribution in [0.4, 0.5) is 0 Å². The number of nitrogens with zero attached hydrogens (tertiary/aromatic N) is 2.